The van der Waals surface area contributed by atoms with Crippen LogP contribution in [0.4, 0.5) is 14.7 Å². The molecule has 0 aliphatic heterocycles. The molecule has 0 atom stereocenters. The zero-order chi connectivity index (χ0) is 19.1. The maximum Gasteiger partial charge on any atom is 0.248 e. The minimum absolute atomic E-state index is 0.00785. The van der Waals surface area contributed by atoms with E-state index in [1.807, 2.05) is 55.5 Å². The third-order valence-corrected chi connectivity index (χ3v) is 4.63. The van der Waals surface area contributed by atoms with Crippen LogP contribution in [0.2, 0.25) is 0 Å². The predicted molar refractivity (Wildman–Crippen MR) is 107 cm³/mol. The van der Waals surface area contributed by atoms with Gasteiger partial charge in [0.25, 0.3) is 0 Å². The Labute approximate surface area is 159 Å². The third-order valence-electron chi connectivity index (χ3n) is 4.63. The second kappa shape index (κ2) is 8.89. The summed E-state index contributed by atoms with van der Waals surface area (Å²) in [4.78, 5) is 9.09. The van der Waals surface area contributed by atoms with Gasteiger partial charge in [-0.05, 0) is 32.3 Å². The molecule has 1 aromatic rings. The molecule has 1 N–H and O–H groups in total. The SMILES string of the molecule is Cc1cc(/C2=C/C=C\C=C/C=C\CC=C2)nc(NC2CCC(F)(F)CC2)n1. The molecule has 3 rings (SSSR count). The zero-order valence-electron chi connectivity index (χ0n) is 15.5. The number of hydrogen-bond acceptors (Lipinski definition) is 3. The van der Waals surface area contributed by atoms with Crippen LogP contribution in [0.1, 0.15) is 43.5 Å². The first-order chi connectivity index (χ1) is 13.0. The number of halogens is 2. The van der Waals surface area contributed by atoms with Crippen LogP contribution >= 0.6 is 0 Å². The Morgan fingerprint density at radius 3 is 2.56 bits per heavy atom. The van der Waals surface area contributed by atoms with Crippen LogP contribution in [0.15, 0.2) is 60.8 Å². The molecule has 27 heavy (non-hydrogen) atoms. The molecule has 0 spiro atoms. The topological polar surface area (TPSA) is 37.8 Å². The summed E-state index contributed by atoms with van der Waals surface area (Å²) in [5.41, 5.74) is 2.65. The average Bonchev–Trinajstić information content (AvgIpc) is 2.68. The van der Waals surface area contributed by atoms with E-state index in [-0.39, 0.29) is 18.9 Å². The molecule has 2 aliphatic rings. The molecule has 5 heteroatoms. The van der Waals surface area contributed by atoms with Crippen LogP contribution < -0.4 is 5.32 Å². The van der Waals surface area contributed by atoms with Crippen LogP contribution in [0.5, 0.6) is 0 Å². The van der Waals surface area contributed by atoms with Gasteiger partial charge in [0.15, 0.2) is 0 Å². The van der Waals surface area contributed by atoms with Gasteiger partial charge in [0.2, 0.25) is 11.9 Å². The number of alkyl halides is 2. The lowest BCUT2D eigenvalue weighted by Gasteiger charge is -2.28. The molecule has 2 aliphatic carbocycles. The van der Waals surface area contributed by atoms with Gasteiger partial charge in [0, 0.05) is 30.2 Å². The molecule has 1 heterocycles. The fourth-order valence-corrected chi connectivity index (χ4v) is 3.16. The quantitative estimate of drug-likeness (QED) is 0.733. The highest BCUT2D eigenvalue weighted by Crippen LogP contribution is 2.34. The van der Waals surface area contributed by atoms with Crippen molar-refractivity contribution in [2.45, 2.75) is 51.0 Å². The van der Waals surface area contributed by atoms with Crippen molar-refractivity contribution in [3.8, 4) is 0 Å². The molecule has 0 radical (unpaired) electrons. The number of nitrogens with zero attached hydrogens (tertiary/aromatic N) is 2. The summed E-state index contributed by atoms with van der Waals surface area (Å²) < 4.78 is 26.7. The van der Waals surface area contributed by atoms with Gasteiger partial charge in [-0.2, -0.15) is 0 Å². The van der Waals surface area contributed by atoms with E-state index < -0.39 is 5.92 Å². The molecule has 142 valence electrons. The molecule has 1 fully saturated rings. The van der Waals surface area contributed by atoms with E-state index in [1.54, 1.807) is 0 Å². The summed E-state index contributed by atoms with van der Waals surface area (Å²) >= 11 is 0. The van der Waals surface area contributed by atoms with Crippen molar-refractivity contribution < 1.29 is 8.78 Å². The Bertz CT molecular complexity index is 794. The molecule has 0 unspecified atom stereocenters. The van der Waals surface area contributed by atoms with Crippen LogP contribution in [0, 0.1) is 6.92 Å². The van der Waals surface area contributed by atoms with Gasteiger partial charge >= 0.3 is 0 Å². The first-order valence-electron chi connectivity index (χ1n) is 9.39. The van der Waals surface area contributed by atoms with Crippen LogP contribution in [0.25, 0.3) is 5.57 Å². The van der Waals surface area contributed by atoms with Gasteiger partial charge < -0.3 is 5.32 Å². The van der Waals surface area contributed by atoms with Crippen molar-refractivity contribution in [3.05, 3.63) is 72.1 Å². The van der Waals surface area contributed by atoms with Crippen molar-refractivity contribution in [2.75, 3.05) is 5.32 Å². The molecular weight excluding hydrogens is 344 g/mol. The average molecular weight is 369 g/mol. The normalized spacial score (nSPS) is 25.7. The van der Waals surface area contributed by atoms with Crippen LogP contribution in [0.3, 0.4) is 0 Å². The van der Waals surface area contributed by atoms with Gasteiger partial charge in [-0.3, -0.25) is 0 Å². The maximum atomic E-state index is 13.4. The molecule has 0 bridgehead atoms. The summed E-state index contributed by atoms with van der Waals surface area (Å²) in [6.45, 7) is 1.92. The fraction of sp³-hybridized carbons (Fsp3) is 0.364. The molecular formula is C22H25F2N3. The van der Waals surface area contributed by atoms with Gasteiger partial charge in [0.1, 0.15) is 0 Å². The lowest BCUT2D eigenvalue weighted by atomic mass is 9.92. The highest BCUT2D eigenvalue weighted by atomic mass is 19.3. The molecule has 0 aromatic carbocycles. The number of rotatable bonds is 3. The summed E-state index contributed by atoms with van der Waals surface area (Å²) in [7, 11) is 0. The lowest BCUT2D eigenvalue weighted by molar-refractivity contribution is -0.0361. The van der Waals surface area contributed by atoms with E-state index in [1.165, 1.54) is 0 Å². The minimum atomic E-state index is -2.53. The summed E-state index contributed by atoms with van der Waals surface area (Å²) in [5, 5.41) is 3.25. The molecule has 1 aromatic heterocycles. The third kappa shape index (κ3) is 5.98. The Kier molecular flexibility index (Phi) is 6.32. The van der Waals surface area contributed by atoms with Crippen LogP contribution in [-0.4, -0.2) is 21.9 Å². The molecule has 0 saturated heterocycles. The van der Waals surface area contributed by atoms with Crippen molar-refractivity contribution in [2.24, 2.45) is 0 Å². The van der Waals surface area contributed by atoms with E-state index in [4.69, 9.17) is 0 Å². The zero-order valence-corrected chi connectivity index (χ0v) is 15.5. The standard InChI is InChI=1S/C22H25F2N3/c1-17-16-20(18-10-8-6-4-2-3-5-7-9-11-18)27-21(25-17)26-19-12-14-22(23,24)15-13-19/h2-6,8-11,16,19H,7,12-15H2,1H3,(H,25,26,27)/b4-2-,5-3-,8-6-,11-9?,18-10+. The smallest absolute Gasteiger partial charge is 0.248 e. The van der Waals surface area contributed by atoms with Gasteiger partial charge in [-0.15, -0.1) is 0 Å². The van der Waals surface area contributed by atoms with E-state index in [2.05, 4.69) is 27.4 Å². The lowest BCUT2D eigenvalue weighted by Crippen LogP contribution is -2.32. The first-order valence-corrected chi connectivity index (χ1v) is 9.39. The number of aryl methyl sites for hydroxylation is 1. The summed E-state index contributed by atoms with van der Waals surface area (Å²) in [6.07, 6.45) is 19.7. The van der Waals surface area contributed by atoms with Crippen LogP contribution in [-0.2, 0) is 0 Å². The molecule has 0 amide bonds. The van der Waals surface area contributed by atoms with E-state index >= 15 is 0 Å². The monoisotopic (exact) mass is 369 g/mol. The molecule has 3 nitrogen and oxygen atoms in total. The highest BCUT2D eigenvalue weighted by Gasteiger charge is 2.35. The molecule has 1 saturated carbocycles. The second-order valence-corrected chi connectivity index (χ2v) is 6.95. The summed E-state index contributed by atoms with van der Waals surface area (Å²) in [5.74, 6) is -2.02. The Balaban J connectivity index is 1.79. The van der Waals surface area contributed by atoms with E-state index in [0.717, 1.165) is 23.4 Å². The predicted octanol–water partition coefficient (Wildman–Crippen LogP) is 5.79. The van der Waals surface area contributed by atoms with Gasteiger partial charge in [-0.1, -0.05) is 54.7 Å². The van der Waals surface area contributed by atoms with E-state index in [0.29, 0.717) is 18.8 Å². The number of anilines is 1. The highest BCUT2D eigenvalue weighted by molar-refractivity contribution is 5.73. The van der Waals surface area contributed by atoms with Crippen molar-refractivity contribution in [1.29, 1.82) is 0 Å². The van der Waals surface area contributed by atoms with Crippen molar-refractivity contribution in [3.63, 3.8) is 0 Å². The Hall–Kier alpha value is -2.56. The number of aromatic nitrogens is 2. The second-order valence-electron chi connectivity index (χ2n) is 6.95. The van der Waals surface area contributed by atoms with Gasteiger partial charge in [0.05, 0.1) is 5.69 Å². The van der Waals surface area contributed by atoms with Crippen molar-refractivity contribution >= 4 is 11.5 Å². The Morgan fingerprint density at radius 1 is 1.00 bits per heavy atom. The number of hydrogen-bond donors (Lipinski definition) is 1. The fourth-order valence-electron chi connectivity index (χ4n) is 3.16. The maximum absolute atomic E-state index is 13.4. The largest absolute Gasteiger partial charge is 0.351 e. The van der Waals surface area contributed by atoms with Crippen molar-refractivity contribution in [1.82, 2.24) is 9.97 Å². The number of allylic oxidation sites excluding steroid dienone is 10. The van der Waals surface area contributed by atoms with Gasteiger partial charge in [-0.25, -0.2) is 18.7 Å². The first kappa shape index (κ1) is 19.2. The Morgan fingerprint density at radius 2 is 1.74 bits per heavy atom. The number of nitrogens with one attached hydrogen (secondary N) is 1. The minimum Gasteiger partial charge on any atom is -0.351 e. The van der Waals surface area contributed by atoms with E-state index in [9.17, 15) is 8.78 Å². The summed E-state index contributed by atoms with van der Waals surface area (Å²) in [6, 6.07) is 1.93.